The fourth-order valence-corrected chi connectivity index (χ4v) is 7.68. The molecule has 2 aliphatic rings. The van der Waals surface area contributed by atoms with E-state index in [1.165, 1.54) is 35.2 Å². The highest BCUT2D eigenvalue weighted by Gasteiger charge is 2.44. The number of sulfonamides is 1. The first-order valence-electron chi connectivity index (χ1n) is 10.1. The lowest BCUT2D eigenvalue weighted by Crippen LogP contribution is -2.47. The first-order valence-corrected chi connectivity index (χ1v) is 13.1. The molecule has 166 valence electrons. The second-order valence-electron chi connectivity index (χ2n) is 7.76. The zero-order chi connectivity index (χ0) is 22.2. The second-order valence-corrected chi connectivity index (χ2v) is 11.8. The number of amides is 1. The van der Waals surface area contributed by atoms with Gasteiger partial charge >= 0.3 is 0 Å². The Kier molecular flexibility index (Phi) is 5.89. The van der Waals surface area contributed by atoms with Crippen molar-refractivity contribution >= 4 is 25.8 Å². The van der Waals surface area contributed by atoms with Crippen molar-refractivity contribution in [1.29, 1.82) is 0 Å². The van der Waals surface area contributed by atoms with Gasteiger partial charge in [-0.15, -0.1) is 0 Å². The Morgan fingerprint density at radius 3 is 2.29 bits per heavy atom. The maximum atomic E-state index is 14.1. The Morgan fingerprint density at radius 1 is 0.903 bits per heavy atom. The van der Waals surface area contributed by atoms with Crippen LogP contribution in [-0.4, -0.2) is 62.9 Å². The lowest BCUT2D eigenvalue weighted by Gasteiger charge is -2.27. The van der Waals surface area contributed by atoms with E-state index in [4.69, 9.17) is 0 Å². The zero-order valence-corrected chi connectivity index (χ0v) is 18.4. The summed E-state index contributed by atoms with van der Waals surface area (Å²) >= 11 is 0. The molecule has 0 aromatic heterocycles. The molecule has 2 heterocycles. The molecule has 0 bridgehead atoms. The molecular formula is C21H23FN2O5S2. The molecule has 31 heavy (non-hydrogen) atoms. The van der Waals surface area contributed by atoms with Crippen LogP contribution in [0.4, 0.5) is 4.39 Å². The van der Waals surface area contributed by atoms with Gasteiger partial charge in [0.25, 0.3) is 0 Å². The molecule has 2 aromatic rings. The largest absolute Gasteiger partial charge is 0.340 e. The van der Waals surface area contributed by atoms with Crippen LogP contribution in [0.1, 0.15) is 19.3 Å². The summed E-state index contributed by atoms with van der Waals surface area (Å²) < 4.78 is 67.0. The van der Waals surface area contributed by atoms with Gasteiger partial charge in [0.2, 0.25) is 15.9 Å². The predicted molar refractivity (Wildman–Crippen MR) is 112 cm³/mol. The number of nitrogens with zero attached hydrogens (tertiary/aromatic N) is 2. The predicted octanol–water partition coefficient (Wildman–Crippen LogP) is 2.05. The van der Waals surface area contributed by atoms with Crippen molar-refractivity contribution in [3.8, 4) is 0 Å². The van der Waals surface area contributed by atoms with Crippen molar-refractivity contribution < 1.29 is 26.0 Å². The van der Waals surface area contributed by atoms with E-state index in [2.05, 4.69) is 0 Å². The van der Waals surface area contributed by atoms with Crippen LogP contribution < -0.4 is 0 Å². The third-order valence-electron chi connectivity index (χ3n) is 5.88. The summed E-state index contributed by atoms with van der Waals surface area (Å²) in [5.41, 5.74) is 0. The molecule has 0 aliphatic carbocycles. The van der Waals surface area contributed by atoms with Crippen molar-refractivity contribution in [2.24, 2.45) is 0 Å². The number of carbonyl (C=O) groups excluding carboxylic acids is 1. The highest BCUT2D eigenvalue weighted by atomic mass is 32.2. The van der Waals surface area contributed by atoms with E-state index in [1.54, 1.807) is 18.2 Å². The summed E-state index contributed by atoms with van der Waals surface area (Å²) in [6, 6.07) is 12.2. The van der Waals surface area contributed by atoms with Crippen LogP contribution in [0, 0.1) is 5.82 Å². The first kappa shape index (κ1) is 21.9. The molecule has 2 aliphatic heterocycles. The van der Waals surface area contributed by atoms with Gasteiger partial charge in [-0.05, 0) is 43.5 Å². The van der Waals surface area contributed by atoms with E-state index in [-0.39, 0.29) is 31.0 Å². The molecular weight excluding hydrogens is 443 g/mol. The molecule has 2 saturated heterocycles. The van der Waals surface area contributed by atoms with Gasteiger partial charge in [-0.2, -0.15) is 4.31 Å². The number of hydrogen-bond donors (Lipinski definition) is 0. The third kappa shape index (κ3) is 3.99. The molecule has 1 amide bonds. The fraction of sp³-hybridized carbons (Fsp3) is 0.381. The minimum absolute atomic E-state index is 0.0140. The van der Waals surface area contributed by atoms with Gasteiger partial charge in [0.15, 0.2) is 9.84 Å². The molecule has 2 atom stereocenters. The van der Waals surface area contributed by atoms with E-state index in [9.17, 15) is 26.0 Å². The van der Waals surface area contributed by atoms with E-state index >= 15 is 0 Å². The number of hydrogen-bond acceptors (Lipinski definition) is 5. The van der Waals surface area contributed by atoms with Crippen LogP contribution in [-0.2, 0) is 24.7 Å². The topological polar surface area (TPSA) is 91.8 Å². The Hall–Kier alpha value is -2.30. The van der Waals surface area contributed by atoms with Gasteiger partial charge in [-0.1, -0.05) is 30.3 Å². The van der Waals surface area contributed by atoms with Gasteiger partial charge in [0.05, 0.1) is 10.1 Å². The Labute approximate surface area is 181 Å². The minimum Gasteiger partial charge on any atom is -0.340 e. The molecule has 4 rings (SSSR count). The van der Waals surface area contributed by atoms with Crippen molar-refractivity contribution in [2.45, 2.75) is 40.3 Å². The van der Waals surface area contributed by atoms with Crippen molar-refractivity contribution in [3.63, 3.8) is 0 Å². The molecule has 7 nitrogen and oxygen atoms in total. The molecule has 0 N–H and O–H groups in total. The fourth-order valence-electron chi connectivity index (χ4n) is 4.25. The van der Waals surface area contributed by atoms with Crippen LogP contribution in [0.15, 0.2) is 64.4 Å². The zero-order valence-electron chi connectivity index (χ0n) is 16.7. The SMILES string of the molecule is O=C(C1CCCN1S(=O)(=O)c1ccccc1F)N1CCC(S(=O)(=O)c2ccccc2)C1. The van der Waals surface area contributed by atoms with Crippen LogP contribution in [0.2, 0.25) is 0 Å². The Bertz CT molecular complexity index is 1190. The summed E-state index contributed by atoms with van der Waals surface area (Å²) in [5, 5.41) is -0.739. The van der Waals surface area contributed by atoms with Gasteiger partial charge in [0, 0.05) is 19.6 Å². The monoisotopic (exact) mass is 466 g/mol. The smallest absolute Gasteiger partial charge is 0.246 e. The molecule has 10 heteroatoms. The first-order chi connectivity index (χ1) is 14.7. The lowest BCUT2D eigenvalue weighted by atomic mass is 10.2. The molecule has 2 fully saturated rings. The molecule has 0 radical (unpaired) electrons. The number of benzene rings is 2. The highest BCUT2D eigenvalue weighted by Crippen LogP contribution is 2.31. The van der Waals surface area contributed by atoms with Crippen LogP contribution in [0.25, 0.3) is 0 Å². The second kappa shape index (κ2) is 8.33. The molecule has 0 spiro atoms. The van der Waals surface area contributed by atoms with Crippen molar-refractivity contribution in [1.82, 2.24) is 9.21 Å². The minimum atomic E-state index is -4.19. The standard InChI is InChI=1S/C21H23FN2O5S2/c22-18-9-4-5-11-20(18)31(28,29)24-13-6-10-19(24)21(25)23-14-12-17(15-23)30(26,27)16-7-2-1-3-8-16/h1-5,7-9,11,17,19H,6,10,12-15H2. The van der Waals surface area contributed by atoms with Crippen LogP contribution >= 0.6 is 0 Å². The summed E-state index contributed by atoms with van der Waals surface area (Å²) in [6.45, 7) is 0.368. The average molecular weight is 467 g/mol. The number of likely N-dealkylation sites (tertiary alicyclic amines) is 1. The number of sulfone groups is 1. The summed E-state index contributed by atoms with van der Waals surface area (Å²) in [5.74, 6) is -1.29. The van der Waals surface area contributed by atoms with Gasteiger partial charge in [-0.3, -0.25) is 4.79 Å². The number of halogens is 1. The Balaban J connectivity index is 1.53. The maximum Gasteiger partial charge on any atom is 0.246 e. The average Bonchev–Trinajstić information content (AvgIpc) is 3.45. The van der Waals surface area contributed by atoms with E-state index < -0.39 is 47.8 Å². The van der Waals surface area contributed by atoms with Crippen LogP contribution in [0.5, 0.6) is 0 Å². The van der Waals surface area contributed by atoms with Gasteiger partial charge in [0.1, 0.15) is 16.8 Å². The van der Waals surface area contributed by atoms with Gasteiger partial charge in [-0.25, -0.2) is 21.2 Å². The third-order valence-corrected chi connectivity index (χ3v) is 10.0. The number of rotatable bonds is 5. The Morgan fingerprint density at radius 2 is 1.58 bits per heavy atom. The summed E-state index contributed by atoms with van der Waals surface area (Å²) in [6.07, 6.45) is 1.08. The van der Waals surface area contributed by atoms with Crippen LogP contribution in [0.3, 0.4) is 0 Å². The quantitative estimate of drug-likeness (QED) is 0.673. The summed E-state index contributed by atoms with van der Waals surface area (Å²) in [4.78, 5) is 14.3. The molecule has 0 saturated carbocycles. The molecule has 2 aromatic carbocycles. The van der Waals surface area contributed by atoms with Crippen molar-refractivity contribution in [2.75, 3.05) is 19.6 Å². The molecule has 2 unspecified atom stereocenters. The lowest BCUT2D eigenvalue weighted by molar-refractivity contribution is -0.133. The highest BCUT2D eigenvalue weighted by molar-refractivity contribution is 7.92. The van der Waals surface area contributed by atoms with E-state index in [0.717, 1.165) is 10.4 Å². The normalized spacial score (nSPS) is 22.7. The summed E-state index contributed by atoms with van der Waals surface area (Å²) in [7, 11) is -7.78. The van der Waals surface area contributed by atoms with E-state index in [1.807, 2.05) is 0 Å². The van der Waals surface area contributed by atoms with Gasteiger partial charge < -0.3 is 4.90 Å². The van der Waals surface area contributed by atoms with E-state index in [0.29, 0.717) is 12.8 Å². The van der Waals surface area contributed by atoms with Crippen molar-refractivity contribution in [3.05, 3.63) is 60.4 Å². The number of carbonyl (C=O) groups is 1. The maximum absolute atomic E-state index is 14.1.